The van der Waals surface area contributed by atoms with E-state index >= 15 is 0 Å². The van der Waals surface area contributed by atoms with E-state index in [-0.39, 0.29) is 18.0 Å². The summed E-state index contributed by atoms with van der Waals surface area (Å²) >= 11 is 0. The van der Waals surface area contributed by atoms with Gasteiger partial charge < -0.3 is 22.0 Å². The summed E-state index contributed by atoms with van der Waals surface area (Å²) in [5.74, 6) is -0.822. The van der Waals surface area contributed by atoms with Crippen LogP contribution >= 0.6 is 0 Å². The molecule has 1 unspecified atom stereocenters. The third-order valence-corrected chi connectivity index (χ3v) is 5.23. The number of amides is 1. The van der Waals surface area contributed by atoms with E-state index in [9.17, 15) is 18.4 Å². The number of pyridine rings is 1. The van der Waals surface area contributed by atoms with Gasteiger partial charge in [0.2, 0.25) is 9.84 Å². The second-order valence-corrected chi connectivity index (χ2v) is 7.17. The molecule has 2 aromatic rings. The van der Waals surface area contributed by atoms with Gasteiger partial charge in [-0.3, -0.25) is 4.79 Å². The number of hydrogen-bond donors (Lipinski definition) is 3. The van der Waals surface area contributed by atoms with Gasteiger partial charge in [-0.25, -0.2) is 8.42 Å². The highest BCUT2D eigenvalue weighted by Crippen LogP contribution is 2.15. The summed E-state index contributed by atoms with van der Waals surface area (Å²) in [6, 6.07) is 8.90. The van der Waals surface area contributed by atoms with Crippen LogP contribution in [0.1, 0.15) is 11.1 Å². The molecule has 0 aliphatic heterocycles. The average Bonchev–Trinajstić information content (AvgIpc) is 2.60. The van der Waals surface area contributed by atoms with E-state index in [1.807, 2.05) is 0 Å². The molecule has 2 rings (SSSR count). The maximum absolute atomic E-state index is 12.4. The molecule has 1 heterocycles. The average molecular weight is 350 g/mol. The molecule has 0 fully saturated rings. The summed E-state index contributed by atoms with van der Waals surface area (Å²) in [6.07, 6.45) is 2.55. The van der Waals surface area contributed by atoms with E-state index in [0.717, 1.165) is 5.56 Å². The molecular weight excluding hydrogens is 332 g/mol. The van der Waals surface area contributed by atoms with Crippen LogP contribution in [-0.4, -0.2) is 19.7 Å². The molecule has 0 aliphatic rings. The first-order valence-electron chi connectivity index (χ1n) is 7.08. The Morgan fingerprint density at radius 3 is 2.25 bits per heavy atom. The van der Waals surface area contributed by atoms with Gasteiger partial charge >= 0.3 is 0 Å². The Hall–Kier alpha value is -2.49. The van der Waals surface area contributed by atoms with E-state index in [2.05, 4.69) is 5.32 Å². The highest BCUT2D eigenvalue weighted by atomic mass is 32.2. The maximum Gasteiger partial charge on any atom is 0.253 e. The van der Waals surface area contributed by atoms with Crippen molar-refractivity contribution in [3.8, 4) is 0 Å². The molecule has 1 amide bonds. The molecule has 5 N–H and O–H groups in total. The zero-order valence-electron chi connectivity index (χ0n) is 12.8. The Morgan fingerprint density at radius 2 is 1.71 bits per heavy atom. The number of rotatable bonds is 6. The van der Waals surface area contributed by atoms with Gasteiger partial charge in [0.15, 0.2) is 17.8 Å². The second-order valence-electron chi connectivity index (χ2n) is 5.10. The lowest BCUT2D eigenvalue weighted by Gasteiger charge is -2.13. The van der Waals surface area contributed by atoms with Crippen molar-refractivity contribution >= 4 is 15.7 Å². The van der Waals surface area contributed by atoms with Crippen molar-refractivity contribution in [2.45, 2.75) is 23.4 Å². The smallest absolute Gasteiger partial charge is 0.253 e. The Morgan fingerprint density at radius 1 is 1.12 bits per heavy atom. The van der Waals surface area contributed by atoms with Crippen molar-refractivity contribution in [2.75, 3.05) is 0 Å². The summed E-state index contributed by atoms with van der Waals surface area (Å²) in [4.78, 5) is 12.0. The minimum absolute atomic E-state index is 0.0468. The Bertz CT molecular complexity index is 804. The van der Waals surface area contributed by atoms with Crippen LogP contribution in [0.25, 0.3) is 0 Å². The lowest BCUT2D eigenvalue weighted by atomic mass is 10.2. The quantitative estimate of drug-likeness (QED) is 0.458. The van der Waals surface area contributed by atoms with Crippen LogP contribution in [0, 0.1) is 5.21 Å². The SMILES string of the molecule is NCc1ccc(S(=O)(=O)C(N)C(=O)NCc2cc[n+]([O-])cc2)cc1. The molecule has 0 spiro atoms. The number of hydrogen-bond acceptors (Lipinski definition) is 6. The number of sulfone groups is 1. The van der Waals surface area contributed by atoms with Crippen LogP contribution in [0.2, 0.25) is 0 Å². The van der Waals surface area contributed by atoms with Gasteiger partial charge in [-0.15, -0.1) is 0 Å². The number of benzene rings is 1. The first-order valence-corrected chi connectivity index (χ1v) is 8.63. The zero-order chi connectivity index (χ0) is 17.7. The lowest BCUT2D eigenvalue weighted by molar-refractivity contribution is -0.605. The lowest BCUT2D eigenvalue weighted by Crippen LogP contribution is -2.45. The third kappa shape index (κ3) is 4.07. The van der Waals surface area contributed by atoms with Crippen molar-refractivity contribution in [3.05, 3.63) is 65.1 Å². The van der Waals surface area contributed by atoms with Crippen LogP contribution in [0.4, 0.5) is 0 Å². The van der Waals surface area contributed by atoms with Crippen LogP contribution < -0.4 is 21.5 Å². The summed E-state index contributed by atoms with van der Waals surface area (Å²) in [6.45, 7) is 0.350. The van der Waals surface area contributed by atoms with Gasteiger partial charge in [-0.1, -0.05) is 12.1 Å². The largest absolute Gasteiger partial charge is 0.619 e. The van der Waals surface area contributed by atoms with Crippen LogP contribution in [0.5, 0.6) is 0 Å². The van der Waals surface area contributed by atoms with Crippen molar-refractivity contribution in [3.63, 3.8) is 0 Å². The highest BCUT2D eigenvalue weighted by molar-refractivity contribution is 7.92. The number of carbonyl (C=O) groups is 1. The van der Waals surface area contributed by atoms with Crippen molar-refractivity contribution in [1.82, 2.24) is 5.32 Å². The van der Waals surface area contributed by atoms with Crippen LogP contribution in [-0.2, 0) is 27.7 Å². The molecule has 0 radical (unpaired) electrons. The Labute approximate surface area is 139 Å². The van der Waals surface area contributed by atoms with Gasteiger partial charge in [0, 0.05) is 25.2 Å². The minimum atomic E-state index is -4.00. The van der Waals surface area contributed by atoms with E-state index in [1.165, 1.54) is 36.7 Å². The van der Waals surface area contributed by atoms with Crippen molar-refractivity contribution in [1.29, 1.82) is 0 Å². The standard InChI is InChI=1S/C15H18N4O4S/c16-9-11-1-3-13(4-2-11)24(22,23)14(17)15(20)18-10-12-5-7-19(21)8-6-12/h1-8,14H,9-10,16-17H2,(H,18,20). The topological polar surface area (TPSA) is 142 Å². The molecule has 9 heteroatoms. The number of carbonyl (C=O) groups excluding carboxylic acids is 1. The van der Waals surface area contributed by atoms with Gasteiger partial charge in [0.25, 0.3) is 5.91 Å². The molecule has 24 heavy (non-hydrogen) atoms. The molecule has 0 aliphatic carbocycles. The molecular formula is C15H18N4O4S. The Kier molecular flexibility index (Phi) is 5.50. The number of aromatic nitrogens is 1. The summed E-state index contributed by atoms with van der Waals surface area (Å²) < 4.78 is 25.3. The monoisotopic (exact) mass is 350 g/mol. The molecule has 0 saturated heterocycles. The molecule has 1 aromatic carbocycles. The molecule has 0 saturated carbocycles. The first-order chi connectivity index (χ1) is 11.3. The van der Waals surface area contributed by atoms with Crippen LogP contribution in [0.15, 0.2) is 53.7 Å². The summed E-state index contributed by atoms with van der Waals surface area (Å²) in [5.41, 5.74) is 12.5. The Balaban J connectivity index is 2.06. The number of nitrogens with two attached hydrogens (primary N) is 2. The van der Waals surface area contributed by atoms with E-state index in [0.29, 0.717) is 10.3 Å². The number of nitrogens with one attached hydrogen (secondary N) is 1. The van der Waals surface area contributed by atoms with Crippen molar-refractivity contribution in [2.24, 2.45) is 11.5 Å². The molecule has 1 atom stereocenters. The van der Waals surface area contributed by atoms with E-state index in [1.54, 1.807) is 12.1 Å². The molecule has 8 nitrogen and oxygen atoms in total. The zero-order valence-corrected chi connectivity index (χ0v) is 13.6. The predicted octanol–water partition coefficient (Wildman–Crippen LogP) is -0.846. The fourth-order valence-electron chi connectivity index (χ4n) is 1.95. The second kappa shape index (κ2) is 7.39. The van der Waals surface area contributed by atoms with Gasteiger partial charge in [-0.05, 0) is 23.3 Å². The van der Waals surface area contributed by atoms with E-state index in [4.69, 9.17) is 11.5 Å². The molecule has 0 bridgehead atoms. The summed E-state index contributed by atoms with van der Waals surface area (Å²) in [5, 5.41) is 11.6. The van der Waals surface area contributed by atoms with Gasteiger partial charge in [0.1, 0.15) is 0 Å². The third-order valence-electron chi connectivity index (χ3n) is 3.42. The van der Waals surface area contributed by atoms with E-state index < -0.39 is 21.1 Å². The normalized spacial score (nSPS) is 12.6. The van der Waals surface area contributed by atoms with Gasteiger partial charge in [-0.2, -0.15) is 4.73 Å². The predicted molar refractivity (Wildman–Crippen MR) is 86.7 cm³/mol. The fourth-order valence-corrected chi connectivity index (χ4v) is 3.13. The fraction of sp³-hybridized carbons (Fsp3) is 0.200. The minimum Gasteiger partial charge on any atom is -0.619 e. The highest BCUT2D eigenvalue weighted by Gasteiger charge is 2.30. The molecule has 1 aromatic heterocycles. The number of nitrogens with zero attached hydrogens (tertiary/aromatic N) is 1. The molecule has 128 valence electrons. The van der Waals surface area contributed by atoms with Gasteiger partial charge in [0.05, 0.1) is 4.90 Å². The first kappa shape index (κ1) is 17.9. The van der Waals surface area contributed by atoms with Crippen molar-refractivity contribution < 1.29 is 17.9 Å². The summed E-state index contributed by atoms with van der Waals surface area (Å²) in [7, 11) is -4.00. The maximum atomic E-state index is 12.4. The van der Waals surface area contributed by atoms with Crippen LogP contribution in [0.3, 0.4) is 0 Å².